The molecule has 0 heterocycles. The van der Waals surface area contributed by atoms with E-state index in [9.17, 15) is 4.79 Å². The third kappa shape index (κ3) is 6.65. The smallest absolute Gasteiger partial charge is 0.248 e. The molecule has 0 spiro atoms. The Labute approximate surface area is 181 Å². The summed E-state index contributed by atoms with van der Waals surface area (Å²) < 4.78 is 16.6. The summed E-state index contributed by atoms with van der Waals surface area (Å²) in [5, 5.41) is 11.4. The van der Waals surface area contributed by atoms with Crippen molar-refractivity contribution in [2.75, 3.05) is 18.5 Å². The van der Waals surface area contributed by atoms with Crippen molar-refractivity contribution in [2.24, 2.45) is 0 Å². The summed E-state index contributed by atoms with van der Waals surface area (Å²) in [6.07, 6.45) is 3.14. The van der Waals surface area contributed by atoms with E-state index in [4.69, 9.17) is 19.5 Å². The lowest BCUT2D eigenvalue weighted by molar-refractivity contribution is -0.111. The molecular formula is C25H22N2O4. The van der Waals surface area contributed by atoms with Crippen molar-refractivity contribution >= 4 is 17.7 Å². The topological polar surface area (TPSA) is 80.6 Å². The molecule has 6 heteroatoms. The van der Waals surface area contributed by atoms with Gasteiger partial charge in [0.25, 0.3) is 0 Å². The summed E-state index contributed by atoms with van der Waals surface area (Å²) >= 11 is 0. The maximum atomic E-state index is 12.4. The molecule has 156 valence electrons. The molecular weight excluding hydrogens is 392 g/mol. The second-order valence-corrected chi connectivity index (χ2v) is 6.34. The Morgan fingerprint density at radius 2 is 1.58 bits per heavy atom. The Balaban J connectivity index is 1.62. The molecule has 1 N–H and O–H groups in total. The van der Waals surface area contributed by atoms with Crippen LogP contribution in [-0.4, -0.2) is 19.1 Å². The summed E-state index contributed by atoms with van der Waals surface area (Å²) in [4.78, 5) is 12.4. The van der Waals surface area contributed by atoms with Crippen molar-refractivity contribution < 1.29 is 19.0 Å². The van der Waals surface area contributed by atoms with Gasteiger partial charge in [-0.05, 0) is 67.1 Å². The summed E-state index contributed by atoms with van der Waals surface area (Å²) in [6.45, 7) is 2.52. The van der Waals surface area contributed by atoms with Crippen LogP contribution >= 0.6 is 0 Å². The van der Waals surface area contributed by atoms with Crippen molar-refractivity contribution in [3.63, 3.8) is 0 Å². The zero-order valence-electron chi connectivity index (χ0n) is 17.1. The van der Waals surface area contributed by atoms with Crippen LogP contribution in [0.2, 0.25) is 0 Å². The Morgan fingerprint density at radius 1 is 0.935 bits per heavy atom. The maximum Gasteiger partial charge on any atom is 0.248 e. The van der Waals surface area contributed by atoms with Crippen LogP contribution in [0, 0.1) is 11.3 Å². The number of para-hydroxylation sites is 2. The molecule has 0 bridgehead atoms. The third-order valence-electron chi connectivity index (χ3n) is 4.12. The van der Waals surface area contributed by atoms with Gasteiger partial charge in [0, 0.05) is 6.08 Å². The number of nitrogens with zero attached hydrogens (tertiary/aromatic N) is 1. The number of nitriles is 1. The fraction of sp³-hybridized carbons (Fsp3) is 0.120. The van der Waals surface area contributed by atoms with Gasteiger partial charge in [0.15, 0.2) is 12.4 Å². The van der Waals surface area contributed by atoms with Gasteiger partial charge in [0.2, 0.25) is 5.91 Å². The highest BCUT2D eigenvalue weighted by molar-refractivity contribution is 6.02. The van der Waals surface area contributed by atoms with E-state index < -0.39 is 0 Å². The van der Waals surface area contributed by atoms with Gasteiger partial charge in [-0.25, -0.2) is 0 Å². The first-order valence-electron chi connectivity index (χ1n) is 9.76. The van der Waals surface area contributed by atoms with Crippen LogP contribution in [0.15, 0.2) is 78.9 Å². The van der Waals surface area contributed by atoms with E-state index in [-0.39, 0.29) is 12.5 Å². The number of ether oxygens (including phenoxy) is 3. The number of nitrogens with one attached hydrogen (secondary N) is 1. The number of amides is 1. The molecule has 0 saturated carbocycles. The minimum absolute atomic E-state index is 0.00423. The SMILES string of the molecule is CCOc1ccc(Oc2ccccc2NC(=O)/C=C/c2ccc(OCC#N)cc2)cc1. The van der Waals surface area contributed by atoms with E-state index in [0.717, 1.165) is 11.3 Å². The third-order valence-corrected chi connectivity index (χ3v) is 4.12. The Bertz CT molecular complexity index is 1070. The molecule has 0 aliphatic heterocycles. The summed E-state index contributed by atoms with van der Waals surface area (Å²) in [5.41, 5.74) is 1.39. The fourth-order valence-corrected chi connectivity index (χ4v) is 2.69. The van der Waals surface area contributed by atoms with E-state index >= 15 is 0 Å². The zero-order chi connectivity index (χ0) is 21.9. The molecule has 3 rings (SSSR count). The van der Waals surface area contributed by atoms with Crippen LogP contribution in [0.25, 0.3) is 6.08 Å². The van der Waals surface area contributed by atoms with E-state index in [2.05, 4.69) is 5.32 Å². The highest BCUT2D eigenvalue weighted by Crippen LogP contribution is 2.30. The molecule has 3 aromatic rings. The molecule has 0 unspecified atom stereocenters. The van der Waals surface area contributed by atoms with Gasteiger partial charge in [-0.2, -0.15) is 5.26 Å². The van der Waals surface area contributed by atoms with Crippen LogP contribution in [0.5, 0.6) is 23.0 Å². The number of hydrogen-bond acceptors (Lipinski definition) is 5. The number of hydrogen-bond donors (Lipinski definition) is 1. The normalized spacial score (nSPS) is 10.3. The van der Waals surface area contributed by atoms with E-state index in [1.807, 2.05) is 49.4 Å². The standard InChI is InChI=1S/C25H22N2O4/c1-2-29-20-12-14-22(15-13-20)31-24-6-4-3-5-23(24)27-25(28)16-9-19-7-10-21(11-8-19)30-18-17-26/h3-16H,2,18H2,1H3,(H,27,28)/b16-9+. The molecule has 0 aliphatic carbocycles. The van der Waals surface area contributed by atoms with Gasteiger partial charge in [-0.1, -0.05) is 24.3 Å². The molecule has 6 nitrogen and oxygen atoms in total. The molecule has 0 aliphatic rings. The quantitative estimate of drug-likeness (QED) is 0.472. The van der Waals surface area contributed by atoms with Crippen LogP contribution in [-0.2, 0) is 4.79 Å². The summed E-state index contributed by atoms with van der Waals surface area (Å²) in [6, 6.07) is 23.5. The van der Waals surface area contributed by atoms with E-state index in [1.54, 1.807) is 42.5 Å². The molecule has 0 atom stereocenters. The Hall–Kier alpha value is -4.24. The van der Waals surface area contributed by atoms with Crippen molar-refractivity contribution in [3.8, 4) is 29.1 Å². The van der Waals surface area contributed by atoms with Crippen molar-refractivity contribution in [2.45, 2.75) is 6.92 Å². The van der Waals surface area contributed by atoms with Crippen molar-refractivity contribution in [1.82, 2.24) is 0 Å². The summed E-state index contributed by atoms with van der Waals surface area (Å²) in [7, 11) is 0. The first kappa shape index (κ1) is 21.5. The molecule has 3 aromatic carbocycles. The average molecular weight is 414 g/mol. The van der Waals surface area contributed by atoms with Gasteiger partial charge in [0.1, 0.15) is 23.3 Å². The van der Waals surface area contributed by atoms with Crippen molar-refractivity contribution in [3.05, 3.63) is 84.4 Å². The second-order valence-electron chi connectivity index (χ2n) is 6.34. The molecule has 1 amide bonds. The fourth-order valence-electron chi connectivity index (χ4n) is 2.69. The van der Waals surface area contributed by atoms with Gasteiger partial charge in [-0.3, -0.25) is 4.79 Å². The monoisotopic (exact) mass is 414 g/mol. The number of benzene rings is 3. The van der Waals surface area contributed by atoms with Crippen LogP contribution in [0.3, 0.4) is 0 Å². The lowest BCUT2D eigenvalue weighted by Crippen LogP contribution is -2.08. The minimum Gasteiger partial charge on any atom is -0.494 e. The largest absolute Gasteiger partial charge is 0.494 e. The minimum atomic E-state index is -0.285. The lowest BCUT2D eigenvalue weighted by atomic mass is 10.2. The maximum absolute atomic E-state index is 12.4. The van der Waals surface area contributed by atoms with E-state index in [1.165, 1.54) is 6.08 Å². The highest BCUT2D eigenvalue weighted by atomic mass is 16.5. The Kier molecular flexibility index (Phi) is 7.67. The molecule has 0 fully saturated rings. The highest BCUT2D eigenvalue weighted by Gasteiger charge is 2.07. The van der Waals surface area contributed by atoms with Crippen LogP contribution in [0.1, 0.15) is 12.5 Å². The average Bonchev–Trinajstić information content (AvgIpc) is 2.80. The molecule has 31 heavy (non-hydrogen) atoms. The molecule has 0 saturated heterocycles. The predicted octanol–water partition coefficient (Wildman–Crippen LogP) is 5.43. The van der Waals surface area contributed by atoms with Gasteiger partial charge in [-0.15, -0.1) is 0 Å². The first-order valence-corrected chi connectivity index (χ1v) is 9.76. The number of anilines is 1. The van der Waals surface area contributed by atoms with Gasteiger partial charge in [0.05, 0.1) is 12.3 Å². The second kappa shape index (κ2) is 11.1. The van der Waals surface area contributed by atoms with Gasteiger partial charge >= 0.3 is 0 Å². The lowest BCUT2D eigenvalue weighted by Gasteiger charge is -2.12. The Morgan fingerprint density at radius 3 is 2.29 bits per heavy atom. The number of carbonyl (C=O) groups is 1. The molecule has 0 aromatic heterocycles. The van der Waals surface area contributed by atoms with Crippen LogP contribution in [0.4, 0.5) is 5.69 Å². The van der Waals surface area contributed by atoms with Gasteiger partial charge < -0.3 is 19.5 Å². The first-order chi connectivity index (χ1) is 15.2. The predicted molar refractivity (Wildman–Crippen MR) is 119 cm³/mol. The summed E-state index contributed by atoms with van der Waals surface area (Å²) in [5.74, 6) is 2.26. The van der Waals surface area contributed by atoms with Crippen LogP contribution < -0.4 is 19.5 Å². The van der Waals surface area contributed by atoms with E-state index in [0.29, 0.717) is 29.5 Å². The zero-order valence-corrected chi connectivity index (χ0v) is 17.1. The number of rotatable bonds is 9. The van der Waals surface area contributed by atoms with Crippen molar-refractivity contribution in [1.29, 1.82) is 5.26 Å². The molecule has 0 radical (unpaired) electrons. The number of carbonyl (C=O) groups excluding carboxylic acids is 1.